The standard InChI is InChI=1S/C5H8F2O.C4H8.C3H8.2C2H6/c1-3-4(2)8-5(6)7;1-4(2)3;1-3-2;2*1-2/h3,5H,1-2H3;1H2,2-3H3;3H2,1-2H3;2*1-2H3/b4-3+;;;;. The molecule has 0 aromatic carbocycles. The average molecular weight is 282 g/mol. The lowest BCUT2D eigenvalue weighted by molar-refractivity contribution is -0.0955. The molecule has 0 bridgehead atoms. The Kier molecular flexibility index (Phi) is 58.4. The predicted octanol–water partition coefficient (Wildman–Crippen LogP) is 7.20. The lowest BCUT2D eigenvalue weighted by Crippen LogP contribution is -1.94. The van der Waals surface area contributed by atoms with Crippen LogP contribution < -0.4 is 0 Å². The second kappa shape index (κ2) is 36.0. The maximum Gasteiger partial charge on any atom is 0.387 e. The van der Waals surface area contributed by atoms with Crippen molar-refractivity contribution in [1.82, 2.24) is 0 Å². The van der Waals surface area contributed by atoms with E-state index < -0.39 is 6.61 Å². The molecule has 0 aliphatic carbocycles. The topological polar surface area (TPSA) is 9.23 Å². The lowest BCUT2D eigenvalue weighted by Gasteiger charge is -2.00. The van der Waals surface area contributed by atoms with Crippen molar-refractivity contribution in [3.05, 3.63) is 24.0 Å². The highest BCUT2D eigenvalue weighted by molar-refractivity contribution is 4.83. The molecular formula is C16H36F2O. The van der Waals surface area contributed by atoms with Crippen LogP contribution >= 0.6 is 0 Å². The van der Waals surface area contributed by atoms with Crippen molar-refractivity contribution < 1.29 is 13.5 Å². The maximum absolute atomic E-state index is 11.2. The van der Waals surface area contributed by atoms with Gasteiger partial charge in [-0.2, -0.15) is 8.78 Å². The van der Waals surface area contributed by atoms with Gasteiger partial charge in [0.25, 0.3) is 0 Å². The Balaban J connectivity index is -0.0000000504. The Hall–Kier alpha value is -0.860. The number of alkyl halides is 2. The second-order valence-electron chi connectivity index (χ2n) is 3.19. The van der Waals surface area contributed by atoms with Crippen LogP contribution in [0.25, 0.3) is 0 Å². The van der Waals surface area contributed by atoms with Crippen LogP contribution in [0.5, 0.6) is 0 Å². The van der Waals surface area contributed by atoms with Gasteiger partial charge in [0.05, 0.1) is 5.76 Å². The van der Waals surface area contributed by atoms with E-state index in [1.165, 1.54) is 25.0 Å². The van der Waals surface area contributed by atoms with Crippen molar-refractivity contribution in [2.24, 2.45) is 0 Å². The predicted molar refractivity (Wildman–Crippen MR) is 85.7 cm³/mol. The van der Waals surface area contributed by atoms with E-state index in [-0.39, 0.29) is 5.76 Å². The van der Waals surface area contributed by atoms with Crippen LogP contribution in [0, 0.1) is 0 Å². The van der Waals surface area contributed by atoms with Crippen LogP contribution in [0.3, 0.4) is 0 Å². The third-order valence-electron chi connectivity index (χ3n) is 0.682. The molecule has 0 radical (unpaired) electrons. The quantitative estimate of drug-likeness (QED) is 0.384. The van der Waals surface area contributed by atoms with Gasteiger partial charge < -0.3 is 4.74 Å². The van der Waals surface area contributed by atoms with Gasteiger partial charge in [0.1, 0.15) is 0 Å². The second-order valence-corrected chi connectivity index (χ2v) is 3.19. The van der Waals surface area contributed by atoms with E-state index in [2.05, 4.69) is 25.2 Å². The fourth-order valence-electron chi connectivity index (χ4n) is 0.209. The van der Waals surface area contributed by atoms with Crippen LogP contribution in [0.15, 0.2) is 24.0 Å². The van der Waals surface area contributed by atoms with Crippen molar-refractivity contribution in [2.45, 2.75) is 82.3 Å². The van der Waals surface area contributed by atoms with Crippen LogP contribution in [0.2, 0.25) is 0 Å². The van der Waals surface area contributed by atoms with Gasteiger partial charge in [-0.1, -0.05) is 53.5 Å². The number of ether oxygens (including phenoxy) is 1. The first-order chi connectivity index (χ1) is 8.81. The molecule has 0 amide bonds. The van der Waals surface area contributed by atoms with E-state index in [0.717, 1.165) is 0 Å². The average Bonchev–Trinajstić information content (AvgIpc) is 2.33. The zero-order valence-electron chi connectivity index (χ0n) is 14.7. The maximum atomic E-state index is 11.2. The van der Waals surface area contributed by atoms with Crippen molar-refractivity contribution in [3.63, 3.8) is 0 Å². The van der Waals surface area contributed by atoms with E-state index in [9.17, 15) is 8.78 Å². The Morgan fingerprint density at radius 3 is 1.32 bits per heavy atom. The molecule has 0 spiro atoms. The number of hydrogen-bond acceptors (Lipinski definition) is 1. The molecule has 0 aromatic heterocycles. The minimum absolute atomic E-state index is 0.250. The zero-order chi connectivity index (χ0) is 16.9. The van der Waals surface area contributed by atoms with Gasteiger partial charge in [-0.05, 0) is 33.8 Å². The molecule has 0 aliphatic heterocycles. The fraction of sp³-hybridized carbons (Fsp3) is 0.750. The summed E-state index contributed by atoms with van der Waals surface area (Å²) < 4.78 is 26.3. The van der Waals surface area contributed by atoms with Gasteiger partial charge in [-0.25, -0.2) is 0 Å². The van der Waals surface area contributed by atoms with E-state index in [0.29, 0.717) is 0 Å². The number of rotatable bonds is 2. The molecule has 0 aliphatic rings. The van der Waals surface area contributed by atoms with E-state index >= 15 is 0 Å². The minimum Gasteiger partial charge on any atom is -0.440 e. The molecular weight excluding hydrogens is 246 g/mol. The van der Waals surface area contributed by atoms with E-state index in [1.54, 1.807) is 6.92 Å². The molecule has 3 heteroatoms. The van der Waals surface area contributed by atoms with Gasteiger partial charge in [0.15, 0.2) is 0 Å². The summed E-state index contributed by atoms with van der Waals surface area (Å²) in [5.41, 5.74) is 1.17. The number of halogens is 2. The lowest BCUT2D eigenvalue weighted by atomic mass is 10.4. The molecule has 0 heterocycles. The third-order valence-corrected chi connectivity index (χ3v) is 0.682. The molecule has 0 aromatic rings. The molecule has 0 fully saturated rings. The molecule has 0 atom stereocenters. The van der Waals surface area contributed by atoms with Gasteiger partial charge in [0, 0.05) is 0 Å². The smallest absolute Gasteiger partial charge is 0.387 e. The molecule has 0 unspecified atom stereocenters. The van der Waals surface area contributed by atoms with Gasteiger partial charge in [-0.15, -0.1) is 6.58 Å². The molecule has 0 rings (SSSR count). The Morgan fingerprint density at radius 1 is 1.05 bits per heavy atom. The molecule has 0 saturated carbocycles. The molecule has 120 valence electrons. The Labute approximate surface area is 120 Å². The molecule has 1 nitrogen and oxygen atoms in total. The summed E-state index contributed by atoms with van der Waals surface area (Å²) in [7, 11) is 0. The number of allylic oxidation sites excluding steroid dienone is 3. The fourth-order valence-corrected chi connectivity index (χ4v) is 0.209. The number of hydrogen-bond donors (Lipinski definition) is 0. The van der Waals surface area contributed by atoms with Crippen molar-refractivity contribution in [3.8, 4) is 0 Å². The first-order valence-corrected chi connectivity index (χ1v) is 7.01. The molecule has 0 N–H and O–H groups in total. The van der Waals surface area contributed by atoms with Crippen LogP contribution in [-0.2, 0) is 4.74 Å². The summed E-state index contributed by atoms with van der Waals surface area (Å²) in [6, 6.07) is 0. The van der Waals surface area contributed by atoms with E-state index in [4.69, 9.17) is 0 Å². The summed E-state index contributed by atoms with van der Waals surface area (Å²) in [5.74, 6) is 0.250. The van der Waals surface area contributed by atoms with Gasteiger partial charge >= 0.3 is 6.61 Å². The zero-order valence-corrected chi connectivity index (χ0v) is 14.7. The third kappa shape index (κ3) is 149. The minimum atomic E-state index is -2.69. The Bertz CT molecular complexity index is 160. The molecule has 0 saturated heterocycles. The van der Waals surface area contributed by atoms with Crippen molar-refractivity contribution in [2.75, 3.05) is 0 Å². The van der Waals surface area contributed by atoms with Crippen LogP contribution in [0.4, 0.5) is 8.78 Å². The van der Waals surface area contributed by atoms with Gasteiger partial charge in [0.2, 0.25) is 0 Å². The largest absolute Gasteiger partial charge is 0.440 e. The summed E-state index contributed by atoms with van der Waals surface area (Å²) in [5, 5.41) is 0. The molecule has 19 heavy (non-hydrogen) atoms. The SMILES string of the molecule is C/C=C(\C)OC(F)F.C=C(C)C.CC.CC.CCC. The van der Waals surface area contributed by atoms with E-state index in [1.807, 2.05) is 41.5 Å². The highest BCUT2D eigenvalue weighted by atomic mass is 19.3. The summed E-state index contributed by atoms with van der Waals surface area (Å²) in [6.07, 6.45) is 2.73. The highest BCUT2D eigenvalue weighted by Crippen LogP contribution is 2.02. The highest BCUT2D eigenvalue weighted by Gasteiger charge is 1.99. The van der Waals surface area contributed by atoms with Crippen molar-refractivity contribution >= 4 is 0 Å². The van der Waals surface area contributed by atoms with Crippen LogP contribution in [-0.4, -0.2) is 6.61 Å². The summed E-state index contributed by atoms with van der Waals surface area (Å²) >= 11 is 0. The first kappa shape index (κ1) is 30.9. The van der Waals surface area contributed by atoms with Gasteiger partial charge in [-0.3, -0.25) is 0 Å². The summed E-state index contributed by atoms with van der Waals surface area (Å²) in [6.45, 7) is 20.2. The monoisotopic (exact) mass is 282 g/mol. The summed E-state index contributed by atoms with van der Waals surface area (Å²) in [4.78, 5) is 0. The van der Waals surface area contributed by atoms with Crippen LogP contribution in [0.1, 0.15) is 75.7 Å². The Morgan fingerprint density at radius 2 is 1.26 bits per heavy atom. The van der Waals surface area contributed by atoms with Crippen molar-refractivity contribution in [1.29, 1.82) is 0 Å². The normalized spacial score (nSPS) is 8.16. The first-order valence-electron chi connectivity index (χ1n) is 7.01.